The third kappa shape index (κ3) is 37.7. The summed E-state index contributed by atoms with van der Waals surface area (Å²) < 4.78 is 33.2. The Morgan fingerprint density at radius 1 is 0.611 bits per heavy atom. The molecule has 0 radical (unpaired) electrons. The molecule has 0 spiro atoms. The van der Waals surface area contributed by atoms with E-state index in [4.69, 9.17) is 29.4 Å². The maximum atomic E-state index is 12.6. The molecule has 0 saturated heterocycles. The number of rotatable bonds is 38. The van der Waals surface area contributed by atoms with Crippen molar-refractivity contribution in [2.75, 3.05) is 26.4 Å². The van der Waals surface area contributed by atoms with Gasteiger partial charge in [-0.25, -0.2) is 4.57 Å². The minimum atomic E-state index is -4.63. The Balaban J connectivity index is 4.39. The van der Waals surface area contributed by atoms with Gasteiger partial charge < -0.3 is 25.2 Å². The number of hydrogen-bond donors (Lipinski definition) is 3. The molecule has 54 heavy (non-hydrogen) atoms. The van der Waals surface area contributed by atoms with Gasteiger partial charge in [0.15, 0.2) is 0 Å². The second kappa shape index (κ2) is 38.7. The number of unbranched alkanes of at least 4 members (excludes halogenated alkanes) is 12. The number of esters is 1. The van der Waals surface area contributed by atoms with Crippen LogP contribution in [0.4, 0.5) is 0 Å². The van der Waals surface area contributed by atoms with Crippen LogP contribution >= 0.6 is 7.82 Å². The predicted octanol–water partition coefficient (Wildman–Crippen LogP) is 11.0. The zero-order valence-electron chi connectivity index (χ0n) is 33.5. The lowest BCUT2D eigenvalue weighted by molar-refractivity contribution is -0.154. The Morgan fingerprint density at radius 2 is 1.07 bits per heavy atom. The zero-order chi connectivity index (χ0) is 39.8. The van der Waals surface area contributed by atoms with Crippen molar-refractivity contribution in [1.29, 1.82) is 0 Å². The minimum Gasteiger partial charge on any atom is -0.480 e. The summed E-state index contributed by atoms with van der Waals surface area (Å²) in [7, 11) is -4.63. The molecule has 0 aliphatic heterocycles. The summed E-state index contributed by atoms with van der Waals surface area (Å²) in [5.74, 6) is -1.81. The van der Waals surface area contributed by atoms with Gasteiger partial charge in [-0.1, -0.05) is 132 Å². The number of carboxylic acids is 1. The first-order valence-corrected chi connectivity index (χ1v) is 22.0. The van der Waals surface area contributed by atoms with E-state index in [-0.39, 0.29) is 13.0 Å². The topological polar surface area (TPSA) is 155 Å². The lowest BCUT2D eigenvalue weighted by Gasteiger charge is -2.20. The first-order valence-electron chi connectivity index (χ1n) is 20.5. The fourth-order valence-electron chi connectivity index (χ4n) is 5.03. The van der Waals surface area contributed by atoms with Crippen LogP contribution in [0.1, 0.15) is 149 Å². The van der Waals surface area contributed by atoms with Crippen LogP contribution in [0.5, 0.6) is 0 Å². The van der Waals surface area contributed by atoms with Crippen molar-refractivity contribution in [2.24, 2.45) is 5.73 Å². The summed E-state index contributed by atoms with van der Waals surface area (Å²) >= 11 is 0. The van der Waals surface area contributed by atoms with E-state index in [1.54, 1.807) is 0 Å². The first-order chi connectivity index (χ1) is 26.2. The SMILES string of the molecule is CC/C=C\C/C=C\C/C=C\C/C=C\C/C=C\CCCCOCC(COP(=O)(O)OCC(N)C(=O)O)OC(=O)CCCCCCC/C=C\CCCCCCC. The summed E-state index contributed by atoms with van der Waals surface area (Å²) in [6.45, 7) is 3.61. The molecule has 10 nitrogen and oxygen atoms in total. The number of hydrogen-bond acceptors (Lipinski definition) is 8. The number of carboxylic acid groups (broad SMARTS) is 1. The molecule has 11 heteroatoms. The molecule has 0 heterocycles. The average Bonchev–Trinajstić information content (AvgIpc) is 3.15. The molecule has 0 bridgehead atoms. The fourth-order valence-corrected chi connectivity index (χ4v) is 5.81. The maximum Gasteiger partial charge on any atom is 0.472 e. The van der Waals surface area contributed by atoms with Gasteiger partial charge in [0, 0.05) is 13.0 Å². The smallest absolute Gasteiger partial charge is 0.472 e. The van der Waals surface area contributed by atoms with Crippen LogP contribution in [-0.4, -0.2) is 60.5 Å². The van der Waals surface area contributed by atoms with Gasteiger partial charge in [-0.05, 0) is 83.5 Å². The van der Waals surface area contributed by atoms with Crippen molar-refractivity contribution in [3.05, 3.63) is 72.9 Å². The molecule has 0 aliphatic rings. The number of allylic oxidation sites excluding steroid dienone is 12. The third-order valence-electron chi connectivity index (χ3n) is 8.22. The Bertz CT molecular complexity index is 1130. The standard InChI is InChI=1S/C43H74NO9P/c1-3-5-7-9-11-13-15-17-19-20-21-22-24-26-28-30-32-34-36-50-37-40(38-51-54(48,49)52-39-41(44)43(46)47)53-42(45)35-33-31-29-27-25-23-18-16-14-12-10-8-6-4-2/h5,7,11,13,16-19,21-22,26,28,40-41H,3-4,6,8-10,12,14-15,20,23-25,27,29-39,44H2,1-2H3,(H,46,47)(H,48,49)/b7-5-,13-11-,18-16-,19-17-,22-21-,28-26-. The molecule has 0 aromatic carbocycles. The van der Waals surface area contributed by atoms with Crippen molar-refractivity contribution < 1.29 is 42.7 Å². The molecule has 0 amide bonds. The number of nitrogens with two attached hydrogens (primary N) is 1. The summed E-state index contributed by atoms with van der Waals surface area (Å²) in [5, 5.41) is 8.88. The average molecular weight is 780 g/mol. The summed E-state index contributed by atoms with van der Waals surface area (Å²) in [6, 6.07) is -1.48. The van der Waals surface area contributed by atoms with E-state index in [1.165, 1.54) is 32.1 Å². The molecular formula is C43H74NO9P. The Kier molecular flexibility index (Phi) is 36.8. The third-order valence-corrected chi connectivity index (χ3v) is 9.17. The molecule has 4 N–H and O–H groups in total. The predicted molar refractivity (Wildman–Crippen MR) is 221 cm³/mol. The van der Waals surface area contributed by atoms with Crippen LogP contribution in [0.2, 0.25) is 0 Å². The summed E-state index contributed by atoms with van der Waals surface area (Å²) in [6.07, 6.45) is 46.7. The van der Waals surface area contributed by atoms with Crippen molar-refractivity contribution in [3.8, 4) is 0 Å². The van der Waals surface area contributed by atoms with E-state index < -0.39 is 45.1 Å². The van der Waals surface area contributed by atoms with Crippen LogP contribution in [0.15, 0.2) is 72.9 Å². The molecule has 0 rings (SSSR count). The van der Waals surface area contributed by atoms with Crippen LogP contribution in [0, 0.1) is 0 Å². The van der Waals surface area contributed by atoms with E-state index in [0.29, 0.717) is 13.0 Å². The van der Waals surface area contributed by atoms with Gasteiger partial charge in [-0.15, -0.1) is 0 Å². The minimum absolute atomic E-state index is 0.0195. The van der Waals surface area contributed by atoms with E-state index in [0.717, 1.165) is 89.9 Å². The second-order valence-corrected chi connectivity index (χ2v) is 14.8. The molecule has 0 aromatic rings. The lowest BCUT2D eigenvalue weighted by atomic mass is 10.1. The van der Waals surface area contributed by atoms with E-state index in [1.807, 2.05) is 0 Å². The molecule has 0 saturated carbocycles. The quantitative estimate of drug-likeness (QED) is 0.0239. The number of aliphatic carboxylic acids is 1. The van der Waals surface area contributed by atoms with Gasteiger partial charge in [0.25, 0.3) is 0 Å². The highest BCUT2D eigenvalue weighted by molar-refractivity contribution is 7.47. The Morgan fingerprint density at radius 3 is 1.63 bits per heavy atom. The van der Waals surface area contributed by atoms with Crippen LogP contribution in [0.25, 0.3) is 0 Å². The largest absolute Gasteiger partial charge is 0.480 e. The highest BCUT2D eigenvalue weighted by Crippen LogP contribution is 2.43. The van der Waals surface area contributed by atoms with E-state index in [2.05, 4.69) is 86.8 Å². The fraction of sp³-hybridized carbons (Fsp3) is 0.674. The van der Waals surface area contributed by atoms with Gasteiger partial charge in [-0.3, -0.25) is 18.6 Å². The number of phosphoric acid groups is 1. The van der Waals surface area contributed by atoms with Crippen molar-refractivity contribution in [2.45, 2.75) is 161 Å². The van der Waals surface area contributed by atoms with Crippen LogP contribution in [-0.2, 0) is 32.7 Å². The Labute approximate surface area is 327 Å². The number of carbonyl (C=O) groups excluding carboxylic acids is 1. The van der Waals surface area contributed by atoms with E-state index in [9.17, 15) is 19.0 Å². The summed E-state index contributed by atoms with van der Waals surface area (Å²) in [5.41, 5.74) is 5.34. The van der Waals surface area contributed by atoms with E-state index >= 15 is 0 Å². The molecule has 310 valence electrons. The van der Waals surface area contributed by atoms with Crippen molar-refractivity contribution >= 4 is 19.8 Å². The van der Waals surface area contributed by atoms with Gasteiger partial charge >= 0.3 is 19.8 Å². The molecule has 0 aliphatic carbocycles. The highest BCUT2D eigenvalue weighted by Gasteiger charge is 2.27. The lowest BCUT2D eigenvalue weighted by Crippen LogP contribution is -2.34. The molecule has 0 aromatic heterocycles. The van der Waals surface area contributed by atoms with Gasteiger partial charge in [0.2, 0.25) is 0 Å². The molecule has 0 fully saturated rings. The second-order valence-electron chi connectivity index (χ2n) is 13.4. The van der Waals surface area contributed by atoms with Crippen LogP contribution in [0.3, 0.4) is 0 Å². The van der Waals surface area contributed by atoms with Gasteiger partial charge in [0.05, 0.1) is 19.8 Å². The molecular weight excluding hydrogens is 705 g/mol. The first kappa shape index (κ1) is 51.4. The Hall–Kier alpha value is -2.59. The van der Waals surface area contributed by atoms with Crippen LogP contribution < -0.4 is 5.73 Å². The maximum absolute atomic E-state index is 12.6. The zero-order valence-corrected chi connectivity index (χ0v) is 34.4. The normalized spacial score (nSPS) is 14.7. The summed E-state index contributed by atoms with van der Waals surface area (Å²) in [4.78, 5) is 33.5. The molecule has 3 unspecified atom stereocenters. The number of carbonyl (C=O) groups is 2. The number of phosphoric ester groups is 1. The number of ether oxygens (including phenoxy) is 2. The monoisotopic (exact) mass is 780 g/mol. The van der Waals surface area contributed by atoms with Gasteiger partial charge in [0.1, 0.15) is 12.1 Å². The molecule has 3 atom stereocenters. The highest BCUT2D eigenvalue weighted by atomic mass is 31.2. The van der Waals surface area contributed by atoms with Gasteiger partial charge in [-0.2, -0.15) is 0 Å². The van der Waals surface area contributed by atoms with Crippen molar-refractivity contribution in [3.63, 3.8) is 0 Å². The van der Waals surface area contributed by atoms with Crippen molar-refractivity contribution in [1.82, 2.24) is 0 Å².